The van der Waals surface area contributed by atoms with Crippen LogP contribution in [0.2, 0.25) is 0 Å². The number of hydrogen-bond donors (Lipinski definition) is 2. The van der Waals surface area contributed by atoms with Crippen LogP contribution in [-0.4, -0.2) is 19.3 Å². The summed E-state index contributed by atoms with van der Waals surface area (Å²) in [6.45, 7) is 1.42. The maximum absolute atomic E-state index is 12.8. The van der Waals surface area contributed by atoms with Crippen LogP contribution in [-0.2, 0) is 14.8 Å². The number of sulfonamides is 1. The van der Waals surface area contributed by atoms with Crippen molar-refractivity contribution in [3.63, 3.8) is 0 Å². The second kappa shape index (κ2) is 7.65. The Bertz CT molecular complexity index is 1310. The van der Waals surface area contributed by atoms with Crippen molar-refractivity contribution in [2.24, 2.45) is 0 Å². The van der Waals surface area contributed by atoms with Crippen LogP contribution in [0.3, 0.4) is 0 Å². The molecule has 1 aromatic heterocycles. The van der Waals surface area contributed by atoms with Gasteiger partial charge in [0.2, 0.25) is 5.91 Å². The molecular formula is C21H17N3O3S2. The zero-order valence-corrected chi connectivity index (χ0v) is 17.0. The highest BCUT2D eigenvalue weighted by atomic mass is 32.2. The zero-order valence-electron chi connectivity index (χ0n) is 15.4. The van der Waals surface area contributed by atoms with Crippen LogP contribution in [0.5, 0.6) is 0 Å². The lowest BCUT2D eigenvalue weighted by molar-refractivity contribution is -0.114. The van der Waals surface area contributed by atoms with Crippen molar-refractivity contribution in [1.82, 2.24) is 4.98 Å². The summed E-state index contributed by atoms with van der Waals surface area (Å²) in [6.07, 6.45) is 0. The van der Waals surface area contributed by atoms with E-state index in [0.717, 1.165) is 16.3 Å². The molecule has 0 fully saturated rings. The second-order valence-electron chi connectivity index (χ2n) is 6.41. The summed E-state index contributed by atoms with van der Waals surface area (Å²) in [5.74, 6) is -0.192. The van der Waals surface area contributed by atoms with Gasteiger partial charge in [0, 0.05) is 23.6 Å². The molecule has 0 aliphatic carbocycles. The lowest BCUT2D eigenvalue weighted by Gasteiger charge is -2.10. The summed E-state index contributed by atoms with van der Waals surface area (Å²) in [4.78, 5) is 15.7. The summed E-state index contributed by atoms with van der Waals surface area (Å²) in [5, 5.41) is 6.78. The number of nitrogens with zero attached hydrogens (tertiary/aromatic N) is 1. The molecule has 29 heavy (non-hydrogen) atoms. The molecule has 1 heterocycles. The van der Waals surface area contributed by atoms with Gasteiger partial charge < -0.3 is 5.32 Å². The summed E-state index contributed by atoms with van der Waals surface area (Å²) < 4.78 is 28.3. The highest BCUT2D eigenvalue weighted by Gasteiger charge is 2.15. The molecule has 0 unspecified atom stereocenters. The Morgan fingerprint density at radius 3 is 2.55 bits per heavy atom. The van der Waals surface area contributed by atoms with Crippen molar-refractivity contribution in [3.8, 4) is 11.3 Å². The van der Waals surface area contributed by atoms with Gasteiger partial charge in [0.05, 0.1) is 10.6 Å². The minimum atomic E-state index is -3.74. The number of hydrogen-bond acceptors (Lipinski definition) is 5. The Morgan fingerprint density at radius 1 is 0.966 bits per heavy atom. The standard InChI is InChI=1S/C21H17N3O3S2/c1-14(25)22-21-23-20(13-28-21)17-7-4-8-18(11-17)24-29(26,27)19-10-9-15-5-2-3-6-16(15)12-19/h2-13,24H,1H3,(H,22,23,25). The third-order valence-corrected chi connectivity index (χ3v) is 6.37. The maximum Gasteiger partial charge on any atom is 0.261 e. The van der Waals surface area contributed by atoms with Crippen LogP contribution in [0.4, 0.5) is 10.8 Å². The lowest BCUT2D eigenvalue weighted by atomic mass is 10.1. The minimum absolute atomic E-state index is 0.192. The SMILES string of the molecule is CC(=O)Nc1nc(-c2cccc(NS(=O)(=O)c3ccc4ccccc4c3)c2)cs1. The Balaban J connectivity index is 1.61. The predicted octanol–water partition coefficient (Wildman–Crippen LogP) is 4.72. The first kappa shape index (κ1) is 19.1. The van der Waals surface area contributed by atoms with E-state index in [2.05, 4.69) is 15.0 Å². The topological polar surface area (TPSA) is 88.2 Å². The normalized spacial score (nSPS) is 11.3. The van der Waals surface area contributed by atoms with Gasteiger partial charge in [-0.15, -0.1) is 11.3 Å². The quantitative estimate of drug-likeness (QED) is 0.486. The molecule has 8 heteroatoms. The molecule has 0 saturated heterocycles. The van der Waals surface area contributed by atoms with Gasteiger partial charge in [-0.2, -0.15) is 0 Å². The number of carbonyl (C=O) groups excluding carboxylic acids is 1. The molecule has 6 nitrogen and oxygen atoms in total. The van der Waals surface area contributed by atoms with Crippen LogP contribution < -0.4 is 10.0 Å². The van der Waals surface area contributed by atoms with Crippen molar-refractivity contribution >= 4 is 48.9 Å². The number of rotatable bonds is 5. The number of thiazole rings is 1. The number of aromatic nitrogens is 1. The van der Waals surface area contributed by atoms with E-state index in [1.54, 1.807) is 36.4 Å². The van der Waals surface area contributed by atoms with E-state index < -0.39 is 10.0 Å². The number of benzene rings is 3. The molecule has 0 bridgehead atoms. The highest BCUT2D eigenvalue weighted by Crippen LogP contribution is 2.28. The van der Waals surface area contributed by atoms with Crippen LogP contribution in [0, 0.1) is 0 Å². The highest BCUT2D eigenvalue weighted by molar-refractivity contribution is 7.92. The first-order valence-electron chi connectivity index (χ1n) is 8.76. The van der Waals surface area contributed by atoms with Crippen LogP contribution in [0.25, 0.3) is 22.0 Å². The van der Waals surface area contributed by atoms with Gasteiger partial charge in [-0.05, 0) is 35.0 Å². The fourth-order valence-electron chi connectivity index (χ4n) is 2.90. The smallest absolute Gasteiger partial charge is 0.261 e. The lowest BCUT2D eigenvalue weighted by Crippen LogP contribution is -2.12. The van der Waals surface area contributed by atoms with Gasteiger partial charge in [0.25, 0.3) is 10.0 Å². The van der Waals surface area contributed by atoms with Crippen LogP contribution in [0.15, 0.2) is 77.0 Å². The summed E-state index contributed by atoms with van der Waals surface area (Å²) >= 11 is 1.31. The molecule has 3 aromatic carbocycles. The summed E-state index contributed by atoms with van der Waals surface area (Å²) in [6, 6.07) is 19.6. The van der Waals surface area contributed by atoms with Gasteiger partial charge in [-0.1, -0.05) is 42.5 Å². The largest absolute Gasteiger partial charge is 0.302 e. The van der Waals surface area contributed by atoms with E-state index in [-0.39, 0.29) is 10.8 Å². The van der Waals surface area contributed by atoms with Crippen molar-refractivity contribution in [2.45, 2.75) is 11.8 Å². The number of amides is 1. The van der Waals surface area contributed by atoms with Crippen molar-refractivity contribution < 1.29 is 13.2 Å². The Labute approximate surface area is 172 Å². The number of carbonyl (C=O) groups is 1. The van der Waals surface area contributed by atoms with Gasteiger partial charge in [-0.25, -0.2) is 13.4 Å². The molecule has 0 aliphatic heterocycles. The average Bonchev–Trinajstić information content (AvgIpc) is 3.15. The van der Waals surface area contributed by atoms with Crippen LogP contribution in [0.1, 0.15) is 6.92 Å². The second-order valence-corrected chi connectivity index (χ2v) is 8.95. The van der Waals surface area contributed by atoms with E-state index in [1.165, 1.54) is 18.3 Å². The molecule has 4 aromatic rings. The Hall–Kier alpha value is -3.23. The molecule has 0 saturated carbocycles. The molecule has 0 radical (unpaired) electrons. The van der Waals surface area contributed by atoms with Crippen molar-refractivity contribution in [3.05, 3.63) is 72.1 Å². The molecule has 0 atom stereocenters. The molecule has 146 valence electrons. The Morgan fingerprint density at radius 2 is 1.76 bits per heavy atom. The Kier molecular flexibility index (Phi) is 5.04. The fraction of sp³-hybridized carbons (Fsp3) is 0.0476. The number of anilines is 2. The minimum Gasteiger partial charge on any atom is -0.302 e. The van der Waals surface area contributed by atoms with Gasteiger partial charge in [0.15, 0.2) is 5.13 Å². The molecule has 0 spiro atoms. The maximum atomic E-state index is 12.8. The third kappa shape index (κ3) is 4.28. The third-order valence-electron chi connectivity index (χ3n) is 4.23. The van der Waals surface area contributed by atoms with E-state index >= 15 is 0 Å². The predicted molar refractivity (Wildman–Crippen MR) is 117 cm³/mol. The molecule has 2 N–H and O–H groups in total. The first-order chi connectivity index (χ1) is 13.9. The van der Waals surface area contributed by atoms with E-state index in [9.17, 15) is 13.2 Å². The molecule has 4 rings (SSSR count). The van der Waals surface area contributed by atoms with Gasteiger partial charge in [-0.3, -0.25) is 9.52 Å². The van der Waals surface area contributed by atoms with E-state index in [1.807, 2.05) is 35.7 Å². The van der Waals surface area contributed by atoms with E-state index in [0.29, 0.717) is 16.5 Å². The van der Waals surface area contributed by atoms with Crippen LogP contribution >= 0.6 is 11.3 Å². The summed E-state index contributed by atoms with van der Waals surface area (Å²) in [7, 11) is -3.74. The zero-order chi connectivity index (χ0) is 20.4. The monoisotopic (exact) mass is 423 g/mol. The van der Waals surface area contributed by atoms with E-state index in [4.69, 9.17) is 0 Å². The molecule has 0 aliphatic rings. The molecular weight excluding hydrogens is 406 g/mol. The number of nitrogens with one attached hydrogen (secondary N) is 2. The average molecular weight is 424 g/mol. The van der Waals surface area contributed by atoms with Gasteiger partial charge >= 0.3 is 0 Å². The van der Waals surface area contributed by atoms with Crippen molar-refractivity contribution in [2.75, 3.05) is 10.0 Å². The summed E-state index contributed by atoms with van der Waals surface area (Å²) in [5.41, 5.74) is 1.84. The van der Waals surface area contributed by atoms with Crippen molar-refractivity contribution in [1.29, 1.82) is 0 Å². The van der Waals surface area contributed by atoms with Gasteiger partial charge in [0.1, 0.15) is 0 Å². The number of fused-ring (bicyclic) bond motifs is 1. The fourth-order valence-corrected chi connectivity index (χ4v) is 4.76. The first-order valence-corrected chi connectivity index (χ1v) is 11.1. The molecule has 1 amide bonds.